The molecule has 0 heterocycles. The summed E-state index contributed by atoms with van der Waals surface area (Å²) in [6, 6.07) is 8.56. The van der Waals surface area contributed by atoms with E-state index in [2.05, 4.69) is 0 Å². The van der Waals surface area contributed by atoms with E-state index in [0.717, 1.165) is 17.2 Å². The molecule has 0 saturated heterocycles. The van der Waals surface area contributed by atoms with Gasteiger partial charge in [0.25, 0.3) is 5.69 Å². The van der Waals surface area contributed by atoms with Gasteiger partial charge in [0.15, 0.2) is 0 Å². The Morgan fingerprint density at radius 3 is 2.19 bits per heavy atom. The first-order valence-corrected chi connectivity index (χ1v) is 6.06. The lowest BCUT2D eigenvalue weighted by Gasteiger charge is -2.08. The molecule has 0 atom stereocenters. The van der Waals surface area contributed by atoms with Gasteiger partial charge in [0, 0.05) is 6.07 Å². The van der Waals surface area contributed by atoms with Gasteiger partial charge in [0.1, 0.15) is 5.75 Å². The third-order valence-corrected chi connectivity index (χ3v) is 3.06. The van der Waals surface area contributed by atoms with Crippen LogP contribution >= 0.6 is 0 Å². The Kier molecular flexibility index (Phi) is 3.84. The molecule has 2 aromatic carbocycles. The highest BCUT2D eigenvalue weighted by Gasteiger charge is 2.21. The normalized spacial score (nSPS) is 10.2. The summed E-state index contributed by atoms with van der Waals surface area (Å²) >= 11 is 0. The minimum atomic E-state index is -0.705. The maximum Gasteiger partial charge on any atom is 0.318 e. The van der Waals surface area contributed by atoms with E-state index in [9.17, 15) is 20.2 Å². The summed E-state index contributed by atoms with van der Waals surface area (Å²) in [5.41, 5.74) is 1.26. The SMILES string of the molecule is Cc1ccc(Oc2ccc([N+](=O)[O-])cc2[N+](=O)[O-])cc1C. The van der Waals surface area contributed by atoms with Crippen molar-refractivity contribution in [3.05, 3.63) is 67.8 Å². The fourth-order valence-corrected chi connectivity index (χ4v) is 1.75. The van der Waals surface area contributed by atoms with Crippen LogP contribution in [0.1, 0.15) is 11.1 Å². The fraction of sp³-hybridized carbons (Fsp3) is 0.143. The Morgan fingerprint density at radius 1 is 0.905 bits per heavy atom. The second-order valence-electron chi connectivity index (χ2n) is 4.51. The van der Waals surface area contributed by atoms with Crippen LogP contribution in [0.4, 0.5) is 11.4 Å². The summed E-state index contributed by atoms with van der Waals surface area (Å²) in [5, 5.41) is 21.7. The van der Waals surface area contributed by atoms with Crippen LogP contribution in [0.25, 0.3) is 0 Å². The van der Waals surface area contributed by atoms with Crippen molar-refractivity contribution in [3.63, 3.8) is 0 Å². The summed E-state index contributed by atoms with van der Waals surface area (Å²) in [5.74, 6) is 0.406. The second kappa shape index (κ2) is 5.58. The van der Waals surface area contributed by atoms with Crippen molar-refractivity contribution in [3.8, 4) is 11.5 Å². The number of hydrogen-bond acceptors (Lipinski definition) is 5. The number of ether oxygens (including phenoxy) is 1. The number of nitro groups is 2. The van der Waals surface area contributed by atoms with Crippen molar-refractivity contribution in [2.75, 3.05) is 0 Å². The first kappa shape index (κ1) is 14.4. The predicted molar refractivity (Wildman–Crippen MR) is 75.7 cm³/mol. The number of hydrogen-bond donors (Lipinski definition) is 0. The molecule has 2 rings (SSSR count). The Hall–Kier alpha value is -2.96. The Bertz CT molecular complexity index is 727. The van der Waals surface area contributed by atoms with E-state index in [0.29, 0.717) is 5.75 Å². The van der Waals surface area contributed by atoms with Gasteiger partial charge in [-0.1, -0.05) is 6.07 Å². The number of rotatable bonds is 4. The molecular weight excluding hydrogens is 276 g/mol. The zero-order valence-electron chi connectivity index (χ0n) is 11.4. The maximum absolute atomic E-state index is 11.0. The molecule has 0 aliphatic carbocycles. The highest BCUT2D eigenvalue weighted by Crippen LogP contribution is 2.34. The van der Waals surface area contributed by atoms with Crippen LogP contribution in [0.2, 0.25) is 0 Å². The van der Waals surface area contributed by atoms with Gasteiger partial charge in [-0.25, -0.2) is 0 Å². The molecule has 0 bridgehead atoms. The van der Waals surface area contributed by atoms with Crippen LogP contribution in [0, 0.1) is 34.1 Å². The minimum Gasteiger partial charge on any atom is -0.450 e. The van der Waals surface area contributed by atoms with Crippen molar-refractivity contribution in [2.45, 2.75) is 13.8 Å². The van der Waals surface area contributed by atoms with Gasteiger partial charge in [-0.3, -0.25) is 20.2 Å². The first-order chi connectivity index (χ1) is 9.88. The van der Waals surface area contributed by atoms with Crippen molar-refractivity contribution in [1.29, 1.82) is 0 Å². The molecule has 0 N–H and O–H groups in total. The number of aryl methyl sites for hydroxylation is 2. The molecular formula is C14H12N2O5. The van der Waals surface area contributed by atoms with Gasteiger partial charge >= 0.3 is 5.69 Å². The van der Waals surface area contributed by atoms with Gasteiger partial charge < -0.3 is 4.74 Å². The summed E-state index contributed by atoms with van der Waals surface area (Å²) in [6.07, 6.45) is 0. The lowest BCUT2D eigenvalue weighted by Crippen LogP contribution is -1.96. The first-order valence-electron chi connectivity index (χ1n) is 6.06. The molecule has 7 heteroatoms. The van der Waals surface area contributed by atoms with Crippen LogP contribution < -0.4 is 4.74 Å². The van der Waals surface area contributed by atoms with Crippen LogP contribution in [0.15, 0.2) is 36.4 Å². The van der Waals surface area contributed by atoms with Gasteiger partial charge in [0.05, 0.1) is 15.9 Å². The standard InChI is InChI=1S/C14H12N2O5/c1-9-3-5-12(7-10(9)2)21-14-6-4-11(15(17)18)8-13(14)16(19)20/h3-8H,1-2H3. The summed E-state index contributed by atoms with van der Waals surface area (Å²) < 4.78 is 5.48. The van der Waals surface area contributed by atoms with Crippen molar-refractivity contribution in [1.82, 2.24) is 0 Å². The third kappa shape index (κ3) is 3.14. The molecule has 108 valence electrons. The number of non-ortho nitro benzene ring substituents is 1. The van der Waals surface area contributed by atoms with E-state index in [1.165, 1.54) is 12.1 Å². The quantitative estimate of drug-likeness (QED) is 0.627. The monoisotopic (exact) mass is 288 g/mol. The lowest BCUT2D eigenvalue weighted by molar-refractivity contribution is -0.394. The van der Waals surface area contributed by atoms with E-state index in [-0.39, 0.29) is 11.4 Å². The van der Waals surface area contributed by atoms with E-state index in [4.69, 9.17) is 4.74 Å². The zero-order valence-corrected chi connectivity index (χ0v) is 11.4. The minimum absolute atomic E-state index is 0.0335. The highest BCUT2D eigenvalue weighted by atomic mass is 16.6. The predicted octanol–water partition coefficient (Wildman–Crippen LogP) is 3.91. The smallest absolute Gasteiger partial charge is 0.318 e. The number of nitrogens with zero attached hydrogens (tertiary/aromatic N) is 2. The average Bonchev–Trinajstić information content (AvgIpc) is 2.43. The Morgan fingerprint density at radius 2 is 1.62 bits per heavy atom. The molecule has 0 amide bonds. The zero-order chi connectivity index (χ0) is 15.6. The van der Waals surface area contributed by atoms with Gasteiger partial charge in [-0.05, 0) is 43.2 Å². The molecule has 0 saturated carbocycles. The largest absolute Gasteiger partial charge is 0.450 e. The molecule has 7 nitrogen and oxygen atoms in total. The lowest BCUT2D eigenvalue weighted by atomic mass is 10.1. The summed E-state index contributed by atoms with van der Waals surface area (Å²) in [7, 11) is 0. The molecule has 0 aromatic heterocycles. The maximum atomic E-state index is 11.0. The van der Waals surface area contributed by atoms with E-state index in [1.54, 1.807) is 12.1 Å². The number of nitro benzene ring substituents is 2. The molecule has 0 spiro atoms. The Balaban J connectivity index is 2.41. The van der Waals surface area contributed by atoms with Crippen molar-refractivity contribution >= 4 is 11.4 Å². The molecule has 2 aromatic rings. The molecule has 0 aliphatic heterocycles. The van der Waals surface area contributed by atoms with Gasteiger partial charge in [-0.15, -0.1) is 0 Å². The van der Waals surface area contributed by atoms with Crippen LogP contribution in [-0.2, 0) is 0 Å². The summed E-state index contributed by atoms with van der Waals surface area (Å²) in [4.78, 5) is 20.3. The number of benzene rings is 2. The second-order valence-corrected chi connectivity index (χ2v) is 4.51. The van der Waals surface area contributed by atoms with Crippen LogP contribution in [0.3, 0.4) is 0 Å². The Labute approximate surface area is 120 Å². The van der Waals surface area contributed by atoms with Gasteiger partial charge in [0.2, 0.25) is 5.75 Å². The topological polar surface area (TPSA) is 95.5 Å². The van der Waals surface area contributed by atoms with Crippen LogP contribution in [0.5, 0.6) is 11.5 Å². The van der Waals surface area contributed by atoms with E-state index < -0.39 is 15.5 Å². The van der Waals surface area contributed by atoms with Crippen LogP contribution in [-0.4, -0.2) is 9.85 Å². The highest BCUT2D eigenvalue weighted by molar-refractivity contribution is 5.55. The van der Waals surface area contributed by atoms with Gasteiger partial charge in [-0.2, -0.15) is 0 Å². The molecule has 0 unspecified atom stereocenters. The third-order valence-electron chi connectivity index (χ3n) is 3.06. The molecule has 21 heavy (non-hydrogen) atoms. The average molecular weight is 288 g/mol. The molecule has 0 fully saturated rings. The molecule has 0 aliphatic rings. The van der Waals surface area contributed by atoms with Crippen molar-refractivity contribution < 1.29 is 14.6 Å². The van der Waals surface area contributed by atoms with E-state index >= 15 is 0 Å². The van der Waals surface area contributed by atoms with Crippen molar-refractivity contribution in [2.24, 2.45) is 0 Å². The summed E-state index contributed by atoms with van der Waals surface area (Å²) in [6.45, 7) is 3.83. The van der Waals surface area contributed by atoms with E-state index in [1.807, 2.05) is 19.9 Å². The molecule has 0 radical (unpaired) electrons. The fourth-order valence-electron chi connectivity index (χ4n) is 1.75.